The lowest BCUT2D eigenvalue weighted by molar-refractivity contribution is 0.252. The zero-order valence-electron chi connectivity index (χ0n) is 14.5. The van der Waals surface area contributed by atoms with E-state index in [1.54, 1.807) is 11.8 Å². The Bertz CT molecular complexity index is 688. The van der Waals surface area contributed by atoms with Crippen LogP contribution in [0.3, 0.4) is 0 Å². The maximum Gasteiger partial charge on any atom is 0.319 e. The number of hydrogen-bond acceptors (Lipinski definition) is 6. The lowest BCUT2D eigenvalue weighted by Crippen LogP contribution is -2.36. The number of para-hydroxylation sites is 1. The third-order valence-electron chi connectivity index (χ3n) is 3.70. The molecule has 1 fully saturated rings. The van der Waals surface area contributed by atoms with Gasteiger partial charge in [0.15, 0.2) is 0 Å². The summed E-state index contributed by atoms with van der Waals surface area (Å²) in [6.45, 7) is 4.59. The van der Waals surface area contributed by atoms with Crippen LogP contribution in [0, 0.1) is 0 Å². The van der Waals surface area contributed by atoms with Crippen LogP contribution >= 0.6 is 11.8 Å². The SMILES string of the molecule is CC1NNC(C)C1Sc1ccccc1NC(=O)NCCNS(C)(=O)=O. The summed E-state index contributed by atoms with van der Waals surface area (Å²) in [7, 11) is -3.25. The lowest BCUT2D eigenvalue weighted by atomic mass is 10.2. The molecule has 140 valence electrons. The van der Waals surface area contributed by atoms with Crippen molar-refractivity contribution in [3.63, 3.8) is 0 Å². The van der Waals surface area contributed by atoms with E-state index >= 15 is 0 Å². The predicted octanol–water partition coefficient (Wildman–Crippen LogP) is 0.703. The summed E-state index contributed by atoms with van der Waals surface area (Å²) in [5.41, 5.74) is 7.17. The first-order valence-electron chi connectivity index (χ1n) is 8.02. The Morgan fingerprint density at radius 2 is 1.80 bits per heavy atom. The van der Waals surface area contributed by atoms with Crippen molar-refractivity contribution >= 4 is 33.5 Å². The number of amides is 2. The van der Waals surface area contributed by atoms with Crippen LogP contribution in [-0.2, 0) is 10.0 Å². The van der Waals surface area contributed by atoms with Gasteiger partial charge in [0.2, 0.25) is 10.0 Å². The summed E-state index contributed by atoms with van der Waals surface area (Å²) in [5, 5.41) is 5.79. The summed E-state index contributed by atoms with van der Waals surface area (Å²) in [6.07, 6.45) is 1.08. The number of anilines is 1. The summed E-state index contributed by atoms with van der Waals surface area (Å²) in [4.78, 5) is 13.0. The van der Waals surface area contributed by atoms with Crippen LogP contribution in [0.15, 0.2) is 29.2 Å². The number of hydrogen-bond donors (Lipinski definition) is 5. The number of thioether (sulfide) groups is 1. The van der Waals surface area contributed by atoms with E-state index in [0.717, 1.165) is 16.8 Å². The van der Waals surface area contributed by atoms with Crippen LogP contribution in [0.25, 0.3) is 0 Å². The minimum atomic E-state index is -3.25. The van der Waals surface area contributed by atoms with E-state index in [1.807, 2.05) is 24.3 Å². The van der Waals surface area contributed by atoms with Crippen molar-refractivity contribution in [3.05, 3.63) is 24.3 Å². The van der Waals surface area contributed by atoms with Crippen molar-refractivity contribution in [1.82, 2.24) is 20.9 Å². The standard InChI is InChI=1S/C15H25N5O3S2/c1-10-14(11(2)20-19-10)24-13-7-5-4-6-12(13)18-15(21)16-8-9-17-25(3,22)23/h4-7,10-11,14,17,19-20H,8-9H2,1-3H3,(H2,16,18,21). The molecule has 10 heteroatoms. The molecule has 1 aliphatic rings. The number of urea groups is 1. The topological polar surface area (TPSA) is 111 Å². The van der Waals surface area contributed by atoms with Gasteiger partial charge in [-0.25, -0.2) is 17.9 Å². The molecule has 1 aliphatic heterocycles. The maximum absolute atomic E-state index is 12.0. The Balaban J connectivity index is 1.90. The van der Waals surface area contributed by atoms with Gasteiger partial charge in [-0.1, -0.05) is 12.1 Å². The maximum atomic E-state index is 12.0. The van der Waals surface area contributed by atoms with Gasteiger partial charge in [-0.15, -0.1) is 11.8 Å². The number of rotatable bonds is 7. The Kier molecular flexibility index (Phi) is 7.08. The van der Waals surface area contributed by atoms with E-state index in [9.17, 15) is 13.2 Å². The molecule has 25 heavy (non-hydrogen) atoms. The summed E-state index contributed by atoms with van der Waals surface area (Å²) in [6, 6.07) is 7.88. The molecule has 0 aliphatic carbocycles. The normalized spacial score (nSPS) is 23.4. The van der Waals surface area contributed by atoms with E-state index in [2.05, 4.69) is 40.1 Å². The summed E-state index contributed by atoms with van der Waals surface area (Å²) >= 11 is 1.71. The molecule has 1 saturated heterocycles. The summed E-state index contributed by atoms with van der Waals surface area (Å²) < 4.78 is 24.3. The lowest BCUT2D eigenvalue weighted by Gasteiger charge is -2.19. The number of benzene rings is 1. The number of sulfonamides is 1. The number of carbonyl (C=O) groups excluding carboxylic acids is 1. The van der Waals surface area contributed by atoms with Crippen LogP contribution in [0.5, 0.6) is 0 Å². The van der Waals surface area contributed by atoms with Gasteiger partial charge in [-0.05, 0) is 26.0 Å². The summed E-state index contributed by atoms with van der Waals surface area (Å²) in [5.74, 6) is 0. The minimum Gasteiger partial charge on any atom is -0.337 e. The highest BCUT2D eigenvalue weighted by Gasteiger charge is 2.31. The Hall–Kier alpha value is -1.33. The van der Waals surface area contributed by atoms with Gasteiger partial charge in [0.05, 0.1) is 11.9 Å². The fraction of sp³-hybridized carbons (Fsp3) is 0.533. The van der Waals surface area contributed by atoms with Crippen LogP contribution < -0.4 is 26.2 Å². The highest BCUT2D eigenvalue weighted by molar-refractivity contribution is 8.00. The number of carbonyl (C=O) groups is 1. The average Bonchev–Trinajstić information content (AvgIpc) is 2.84. The molecule has 2 rings (SSSR count). The van der Waals surface area contributed by atoms with Gasteiger partial charge < -0.3 is 10.6 Å². The largest absolute Gasteiger partial charge is 0.337 e. The molecular formula is C15H25N5O3S2. The smallest absolute Gasteiger partial charge is 0.319 e. The van der Waals surface area contributed by atoms with Crippen molar-refractivity contribution < 1.29 is 13.2 Å². The second-order valence-electron chi connectivity index (χ2n) is 5.99. The first-order chi connectivity index (χ1) is 11.8. The van der Waals surface area contributed by atoms with Crippen molar-refractivity contribution in [3.8, 4) is 0 Å². The van der Waals surface area contributed by atoms with E-state index < -0.39 is 10.0 Å². The fourth-order valence-corrected chi connectivity index (χ4v) is 4.18. The molecular weight excluding hydrogens is 362 g/mol. The first kappa shape index (κ1) is 20.0. The van der Waals surface area contributed by atoms with Crippen molar-refractivity contribution in [2.45, 2.75) is 36.1 Å². The van der Waals surface area contributed by atoms with Crippen LogP contribution in [0.1, 0.15) is 13.8 Å². The van der Waals surface area contributed by atoms with E-state index in [-0.39, 0.29) is 19.1 Å². The van der Waals surface area contributed by atoms with Gasteiger partial charge in [-0.3, -0.25) is 10.9 Å². The monoisotopic (exact) mass is 387 g/mol. The Morgan fingerprint density at radius 3 is 2.44 bits per heavy atom. The highest BCUT2D eigenvalue weighted by Crippen LogP contribution is 2.34. The fourth-order valence-electron chi connectivity index (χ4n) is 2.46. The zero-order valence-corrected chi connectivity index (χ0v) is 16.1. The molecule has 8 nitrogen and oxygen atoms in total. The molecule has 2 unspecified atom stereocenters. The molecule has 1 aromatic carbocycles. The third kappa shape index (κ3) is 6.48. The first-order valence-corrected chi connectivity index (χ1v) is 10.8. The van der Waals surface area contributed by atoms with E-state index in [0.29, 0.717) is 17.3 Å². The van der Waals surface area contributed by atoms with Crippen molar-refractivity contribution in [2.75, 3.05) is 24.7 Å². The Morgan fingerprint density at radius 1 is 1.16 bits per heavy atom. The molecule has 5 N–H and O–H groups in total. The van der Waals surface area contributed by atoms with E-state index in [1.165, 1.54) is 0 Å². The molecule has 0 bridgehead atoms. The van der Waals surface area contributed by atoms with Gasteiger partial charge in [0, 0.05) is 35.3 Å². The van der Waals surface area contributed by atoms with Crippen LogP contribution in [-0.4, -0.2) is 51.1 Å². The molecule has 0 radical (unpaired) electrons. The van der Waals surface area contributed by atoms with Gasteiger partial charge in [0.25, 0.3) is 0 Å². The predicted molar refractivity (Wildman–Crippen MR) is 101 cm³/mol. The van der Waals surface area contributed by atoms with Crippen LogP contribution in [0.4, 0.5) is 10.5 Å². The van der Waals surface area contributed by atoms with Crippen molar-refractivity contribution in [2.24, 2.45) is 0 Å². The second kappa shape index (κ2) is 8.86. The molecule has 2 atom stereocenters. The molecule has 1 aromatic rings. The quantitative estimate of drug-likeness (QED) is 0.441. The van der Waals surface area contributed by atoms with Crippen LogP contribution in [0.2, 0.25) is 0 Å². The Labute approximate surface area is 152 Å². The number of nitrogens with one attached hydrogen (secondary N) is 5. The molecule has 0 saturated carbocycles. The number of hydrazine groups is 1. The van der Waals surface area contributed by atoms with Gasteiger partial charge >= 0.3 is 6.03 Å². The van der Waals surface area contributed by atoms with Gasteiger partial charge in [0.1, 0.15) is 0 Å². The molecule has 0 aromatic heterocycles. The third-order valence-corrected chi connectivity index (χ3v) is 6.12. The van der Waals surface area contributed by atoms with E-state index in [4.69, 9.17) is 0 Å². The minimum absolute atomic E-state index is 0.150. The highest BCUT2D eigenvalue weighted by atomic mass is 32.2. The van der Waals surface area contributed by atoms with Gasteiger partial charge in [-0.2, -0.15) is 0 Å². The molecule has 1 heterocycles. The van der Waals surface area contributed by atoms with Crippen molar-refractivity contribution in [1.29, 1.82) is 0 Å². The molecule has 2 amide bonds. The zero-order chi connectivity index (χ0) is 18.4. The molecule has 0 spiro atoms. The second-order valence-corrected chi connectivity index (χ2v) is 9.04. The average molecular weight is 388 g/mol.